The third kappa shape index (κ3) is 8.87. The summed E-state index contributed by atoms with van der Waals surface area (Å²) < 4.78 is 58.3. The molecule has 3 aromatic carbocycles. The quantitative estimate of drug-likeness (QED) is 0.242. The van der Waals surface area contributed by atoms with Gasteiger partial charge in [0.2, 0.25) is 5.91 Å². The van der Waals surface area contributed by atoms with Crippen molar-refractivity contribution in [3.05, 3.63) is 83.7 Å². The van der Waals surface area contributed by atoms with Gasteiger partial charge in [-0.1, -0.05) is 6.92 Å². The monoisotopic (exact) mass is 645 g/mol. The van der Waals surface area contributed by atoms with Crippen LogP contribution in [0.5, 0.6) is 5.75 Å². The first-order valence-electron chi connectivity index (χ1n) is 14.5. The van der Waals surface area contributed by atoms with E-state index in [1.165, 1.54) is 36.2 Å². The number of aliphatic hydroxyl groups excluding tert-OH is 1. The van der Waals surface area contributed by atoms with Crippen LogP contribution in [0.15, 0.2) is 66.7 Å². The van der Waals surface area contributed by atoms with Crippen molar-refractivity contribution in [2.75, 3.05) is 42.7 Å². The number of carbonyl (C=O) groups is 3. The van der Waals surface area contributed by atoms with E-state index in [0.29, 0.717) is 22.7 Å². The maximum Gasteiger partial charge on any atom is 0.416 e. The number of fused-ring (bicyclic) bond motifs is 1. The first-order valence-corrected chi connectivity index (χ1v) is 14.5. The summed E-state index contributed by atoms with van der Waals surface area (Å²) in [6, 6.07) is 12.4. The van der Waals surface area contributed by atoms with Crippen LogP contribution in [0.2, 0.25) is 0 Å². The molecule has 0 spiro atoms. The van der Waals surface area contributed by atoms with Gasteiger partial charge in [0.05, 0.1) is 31.2 Å². The van der Waals surface area contributed by atoms with Gasteiger partial charge in [-0.3, -0.25) is 4.79 Å². The summed E-state index contributed by atoms with van der Waals surface area (Å²) in [7, 11) is 1.51. The molecule has 0 aliphatic carbocycles. The van der Waals surface area contributed by atoms with Gasteiger partial charge >= 0.3 is 18.2 Å². The minimum atomic E-state index is -4.50. The molecule has 1 aliphatic heterocycles. The number of amides is 5. The highest BCUT2D eigenvalue weighted by Crippen LogP contribution is 2.31. The van der Waals surface area contributed by atoms with Crippen LogP contribution in [-0.4, -0.2) is 71.8 Å². The Morgan fingerprint density at radius 3 is 2.22 bits per heavy atom. The van der Waals surface area contributed by atoms with Crippen LogP contribution >= 0.6 is 0 Å². The highest BCUT2D eigenvalue weighted by molar-refractivity contribution is 6.00. The Hall–Kier alpha value is -4.85. The zero-order valence-corrected chi connectivity index (χ0v) is 25.4. The van der Waals surface area contributed by atoms with Gasteiger partial charge in [-0.15, -0.1) is 0 Å². The zero-order valence-electron chi connectivity index (χ0n) is 25.4. The molecule has 0 saturated carbocycles. The lowest BCUT2D eigenvalue weighted by Crippen LogP contribution is -2.48. The van der Waals surface area contributed by atoms with Gasteiger partial charge in [0.25, 0.3) is 0 Å². The molecular formula is C32H35F4N5O5. The van der Waals surface area contributed by atoms with Gasteiger partial charge in [0.1, 0.15) is 17.7 Å². The maximum absolute atomic E-state index is 13.4. The van der Waals surface area contributed by atoms with Crippen molar-refractivity contribution in [1.29, 1.82) is 0 Å². The van der Waals surface area contributed by atoms with Crippen molar-refractivity contribution < 1.29 is 41.8 Å². The molecule has 14 heteroatoms. The fraction of sp³-hybridized carbons (Fsp3) is 0.344. The number of hydrogen-bond donors (Lipinski definition) is 4. The Bertz CT molecular complexity index is 1540. The van der Waals surface area contributed by atoms with Crippen LogP contribution in [0.1, 0.15) is 25.0 Å². The van der Waals surface area contributed by atoms with E-state index in [1.54, 1.807) is 30.0 Å². The lowest BCUT2D eigenvalue weighted by Gasteiger charge is -2.34. The van der Waals surface area contributed by atoms with Crippen molar-refractivity contribution in [2.24, 2.45) is 5.92 Å². The average molecular weight is 646 g/mol. The summed E-state index contributed by atoms with van der Waals surface area (Å²) in [6.07, 6.45) is -5.25. The van der Waals surface area contributed by atoms with E-state index in [4.69, 9.17) is 4.74 Å². The van der Waals surface area contributed by atoms with Gasteiger partial charge in [-0.2, -0.15) is 13.2 Å². The maximum atomic E-state index is 13.4. The van der Waals surface area contributed by atoms with Gasteiger partial charge in [-0.05, 0) is 73.7 Å². The van der Waals surface area contributed by atoms with Crippen LogP contribution in [0.3, 0.4) is 0 Å². The highest BCUT2D eigenvalue weighted by Gasteiger charge is 2.32. The molecule has 5 amide bonds. The Kier molecular flexibility index (Phi) is 10.7. The predicted molar refractivity (Wildman–Crippen MR) is 164 cm³/mol. The summed E-state index contributed by atoms with van der Waals surface area (Å²) >= 11 is 0. The first-order chi connectivity index (χ1) is 21.7. The van der Waals surface area contributed by atoms with Crippen molar-refractivity contribution in [3.8, 4) is 5.75 Å². The third-order valence-electron chi connectivity index (χ3n) is 7.54. The number of anilines is 3. The minimum Gasteiger partial charge on any atom is -0.488 e. The Morgan fingerprint density at radius 2 is 1.59 bits per heavy atom. The largest absolute Gasteiger partial charge is 0.488 e. The number of halogens is 4. The molecule has 1 heterocycles. The summed E-state index contributed by atoms with van der Waals surface area (Å²) in [4.78, 5) is 41.9. The summed E-state index contributed by atoms with van der Waals surface area (Å²) in [6.45, 7) is 3.52. The number of carbonyl (C=O) groups excluding carboxylic acids is 3. The molecule has 0 radical (unpaired) electrons. The van der Waals surface area contributed by atoms with E-state index in [9.17, 15) is 37.1 Å². The number of hydrogen-bond acceptors (Lipinski definition) is 5. The molecule has 0 unspecified atom stereocenters. The van der Waals surface area contributed by atoms with Crippen LogP contribution in [-0.2, 0) is 17.4 Å². The van der Waals surface area contributed by atoms with Gasteiger partial charge in [0, 0.05) is 42.1 Å². The summed E-state index contributed by atoms with van der Waals surface area (Å²) in [5.74, 6) is -0.703. The predicted octanol–water partition coefficient (Wildman–Crippen LogP) is 5.80. The molecule has 3 atom stereocenters. The lowest BCUT2D eigenvalue weighted by atomic mass is 10.0. The van der Waals surface area contributed by atoms with Crippen LogP contribution in [0.4, 0.5) is 44.2 Å². The van der Waals surface area contributed by atoms with E-state index < -0.39 is 41.8 Å². The molecule has 0 bridgehead atoms. The second kappa shape index (κ2) is 14.5. The van der Waals surface area contributed by atoms with Crippen LogP contribution in [0.25, 0.3) is 0 Å². The number of alkyl halides is 3. The molecule has 0 saturated heterocycles. The van der Waals surface area contributed by atoms with E-state index in [-0.39, 0.29) is 43.6 Å². The Balaban J connectivity index is 1.53. The molecule has 10 nitrogen and oxygen atoms in total. The third-order valence-corrected chi connectivity index (χ3v) is 7.54. The molecule has 0 fully saturated rings. The van der Waals surface area contributed by atoms with E-state index in [2.05, 4.69) is 16.0 Å². The highest BCUT2D eigenvalue weighted by atomic mass is 19.4. The molecule has 246 valence electrons. The smallest absolute Gasteiger partial charge is 0.416 e. The SMILES string of the molecule is C[C@H]1CN([C@@H](C)CO)C(=O)Cc2cc(NC(=O)Nc3ccc(F)cc3)ccc2O[C@@H]1CN(C)C(=O)Nc1ccc(C(F)(F)F)cc1. The zero-order chi connectivity index (χ0) is 33.6. The molecule has 4 N–H and O–H groups in total. The average Bonchev–Trinajstić information content (AvgIpc) is 3.05. The van der Waals surface area contributed by atoms with Crippen molar-refractivity contribution in [1.82, 2.24) is 9.80 Å². The number of nitrogens with one attached hydrogen (secondary N) is 3. The van der Waals surface area contributed by atoms with Crippen LogP contribution in [0, 0.1) is 11.7 Å². The molecule has 3 aromatic rings. The van der Waals surface area contributed by atoms with Crippen molar-refractivity contribution >= 4 is 35.0 Å². The number of rotatable bonds is 7. The van der Waals surface area contributed by atoms with E-state index in [1.807, 2.05) is 6.92 Å². The number of urea groups is 2. The molecule has 0 aromatic heterocycles. The fourth-order valence-corrected chi connectivity index (χ4v) is 4.87. The minimum absolute atomic E-state index is 0.0443. The van der Waals surface area contributed by atoms with Gasteiger partial charge < -0.3 is 35.6 Å². The Morgan fingerprint density at radius 1 is 1.00 bits per heavy atom. The summed E-state index contributed by atoms with van der Waals surface area (Å²) in [5.41, 5.74) is 0.519. The van der Waals surface area contributed by atoms with E-state index in [0.717, 1.165) is 24.3 Å². The van der Waals surface area contributed by atoms with Gasteiger partial charge in [0.15, 0.2) is 0 Å². The Labute approximate surface area is 263 Å². The second-order valence-electron chi connectivity index (χ2n) is 11.2. The normalized spacial score (nSPS) is 17.4. The topological polar surface area (TPSA) is 123 Å². The van der Waals surface area contributed by atoms with Crippen LogP contribution < -0.4 is 20.7 Å². The number of benzene rings is 3. The van der Waals surface area contributed by atoms with E-state index >= 15 is 0 Å². The number of nitrogens with zero attached hydrogens (tertiary/aromatic N) is 2. The lowest BCUT2D eigenvalue weighted by molar-refractivity contribution is -0.137. The van der Waals surface area contributed by atoms with Gasteiger partial charge in [-0.25, -0.2) is 14.0 Å². The second-order valence-corrected chi connectivity index (χ2v) is 11.2. The summed E-state index contributed by atoms with van der Waals surface area (Å²) in [5, 5.41) is 17.7. The van der Waals surface area contributed by atoms with Crippen molar-refractivity contribution in [3.63, 3.8) is 0 Å². The molecule has 4 rings (SSSR count). The van der Waals surface area contributed by atoms with Crippen molar-refractivity contribution in [2.45, 2.75) is 38.6 Å². The number of aliphatic hydroxyl groups is 1. The standard InChI is InChI=1S/C32H35F4N5O5/c1-19-16-41(20(2)18-42)29(43)15-21-14-26(38-30(44)37-24-10-6-23(33)7-11-24)12-13-27(21)46-28(19)17-40(3)31(45)39-25-8-4-22(5-9-25)32(34,35)36/h4-14,19-20,28,42H,15-18H2,1-3H3,(H,39,45)(H2,37,38,44)/t19-,20-,28+/m0/s1. The number of likely N-dealkylation sites (N-methyl/N-ethyl adjacent to an activating group) is 1. The molecular weight excluding hydrogens is 610 g/mol. The molecule has 46 heavy (non-hydrogen) atoms. The molecule has 1 aliphatic rings. The number of ether oxygens (including phenoxy) is 1. The fourth-order valence-electron chi connectivity index (χ4n) is 4.87. The first kappa shape index (κ1) is 34.0.